The Hall–Kier alpha value is -4.40. The summed E-state index contributed by atoms with van der Waals surface area (Å²) in [5, 5.41) is 2.68. The van der Waals surface area contributed by atoms with Crippen molar-refractivity contribution in [3.8, 4) is 11.3 Å². The number of amides is 1. The lowest BCUT2D eigenvalue weighted by Gasteiger charge is -2.10. The average molecular weight is 431 g/mol. The van der Waals surface area contributed by atoms with Crippen LogP contribution in [0.2, 0.25) is 0 Å². The van der Waals surface area contributed by atoms with Crippen LogP contribution in [-0.4, -0.2) is 25.4 Å². The number of carbonyl (C=O) groups excluding carboxylic acids is 1. The first-order valence-electron chi connectivity index (χ1n) is 9.73. The predicted molar refractivity (Wildman–Crippen MR) is 115 cm³/mol. The van der Waals surface area contributed by atoms with E-state index >= 15 is 0 Å². The minimum absolute atomic E-state index is 0.00633. The van der Waals surface area contributed by atoms with Crippen molar-refractivity contribution in [3.63, 3.8) is 0 Å². The maximum Gasteiger partial charge on any atom is 0.329 e. The van der Waals surface area contributed by atoms with Crippen molar-refractivity contribution in [3.05, 3.63) is 117 Å². The third-order valence-corrected chi connectivity index (χ3v) is 4.76. The molecule has 0 unspecified atom stereocenters. The first-order chi connectivity index (χ1) is 15.5. The number of aromatic nitrogens is 4. The van der Waals surface area contributed by atoms with Gasteiger partial charge >= 0.3 is 5.69 Å². The molecule has 0 bridgehead atoms. The van der Waals surface area contributed by atoms with Crippen molar-refractivity contribution >= 4 is 5.91 Å². The van der Waals surface area contributed by atoms with E-state index in [0.717, 1.165) is 10.6 Å². The number of benzene rings is 1. The van der Waals surface area contributed by atoms with E-state index in [1.165, 1.54) is 12.1 Å². The van der Waals surface area contributed by atoms with Gasteiger partial charge in [0.1, 0.15) is 11.5 Å². The summed E-state index contributed by atoms with van der Waals surface area (Å²) in [7, 11) is 0. The van der Waals surface area contributed by atoms with Gasteiger partial charge in [-0.1, -0.05) is 12.1 Å². The fourth-order valence-corrected chi connectivity index (χ4v) is 3.17. The van der Waals surface area contributed by atoms with Crippen LogP contribution in [0, 0.1) is 5.82 Å². The van der Waals surface area contributed by atoms with Crippen LogP contribution in [-0.2, 0) is 13.1 Å². The van der Waals surface area contributed by atoms with E-state index in [0.29, 0.717) is 22.5 Å². The number of nitrogens with zero attached hydrogens (tertiary/aromatic N) is 3. The molecular formula is C23H18FN5O3. The minimum Gasteiger partial charge on any atom is -0.347 e. The molecule has 0 radical (unpaired) electrons. The third kappa shape index (κ3) is 4.67. The molecule has 3 heterocycles. The summed E-state index contributed by atoms with van der Waals surface area (Å²) in [6.07, 6.45) is 3.16. The van der Waals surface area contributed by atoms with E-state index in [9.17, 15) is 18.8 Å². The maximum absolute atomic E-state index is 13.2. The lowest BCUT2D eigenvalue weighted by molar-refractivity contribution is 0.0945. The Morgan fingerprint density at radius 3 is 2.50 bits per heavy atom. The number of carbonyl (C=O) groups is 1. The molecule has 0 aliphatic carbocycles. The van der Waals surface area contributed by atoms with Gasteiger partial charge in [-0.05, 0) is 48.0 Å². The molecule has 0 aliphatic heterocycles. The lowest BCUT2D eigenvalue weighted by Crippen LogP contribution is -2.38. The molecule has 1 aromatic carbocycles. The van der Waals surface area contributed by atoms with Crippen LogP contribution in [0.4, 0.5) is 4.39 Å². The van der Waals surface area contributed by atoms with Crippen LogP contribution >= 0.6 is 0 Å². The predicted octanol–water partition coefficient (Wildman–Crippen LogP) is 2.11. The molecule has 3 aromatic heterocycles. The molecule has 1 amide bonds. The zero-order valence-corrected chi connectivity index (χ0v) is 16.8. The molecule has 4 rings (SSSR count). The van der Waals surface area contributed by atoms with E-state index in [4.69, 9.17) is 0 Å². The van der Waals surface area contributed by atoms with Crippen LogP contribution in [0.1, 0.15) is 21.7 Å². The highest BCUT2D eigenvalue weighted by molar-refractivity contribution is 5.92. The highest BCUT2D eigenvalue weighted by Gasteiger charge is 2.13. The first-order valence-corrected chi connectivity index (χ1v) is 9.73. The van der Waals surface area contributed by atoms with E-state index < -0.39 is 17.2 Å². The number of H-pyrrole nitrogens is 1. The van der Waals surface area contributed by atoms with Gasteiger partial charge in [0, 0.05) is 30.6 Å². The molecule has 0 saturated carbocycles. The molecule has 9 heteroatoms. The van der Waals surface area contributed by atoms with Crippen LogP contribution in [0.25, 0.3) is 11.3 Å². The molecule has 0 aliphatic rings. The highest BCUT2D eigenvalue weighted by atomic mass is 19.1. The van der Waals surface area contributed by atoms with E-state index in [1.807, 2.05) is 0 Å². The SMILES string of the molecule is O=C(NCc1cccnc1-c1ccc(F)cc1)c1cc(=O)n(Cc2ccccn2)c(=O)[nH]1. The zero-order valence-electron chi connectivity index (χ0n) is 16.8. The normalized spacial score (nSPS) is 10.7. The Morgan fingerprint density at radius 2 is 1.78 bits per heavy atom. The number of rotatable bonds is 6. The third-order valence-electron chi connectivity index (χ3n) is 4.76. The van der Waals surface area contributed by atoms with Gasteiger partial charge < -0.3 is 10.3 Å². The minimum atomic E-state index is -0.707. The molecule has 4 aromatic rings. The number of hydrogen-bond donors (Lipinski definition) is 2. The number of pyridine rings is 2. The largest absolute Gasteiger partial charge is 0.347 e. The fraction of sp³-hybridized carbons (Fsp3) is 0.0870. The zero-order chi connectivity index (χ0) is 22.5. The molecule has 160 valence electrons. The molecule has 0 saturated heterocycles. The van der Waals surface area contributed by atoms with Crippen LogP contribution in [0.5, 0.6) is 0 Å². The van der Waals surface area contributed by atoms with Gasteiger partial charge in [-0.3, -0.25) is 24.1 Å². The van der Waals surface area contributed by atoms with Crippen molar-refractivity contribution in [2.24, 2.45) is 0 Å². The lowest BCUT2D eigenvalue weighted by atomic mass is 10.1. The van der Waals surface area contributed by atoms with E-state index in [-0.39, 0.29) is 24.6 Å². The summed E-state index contributed by atoms with van der Waals surface area (Å²) in [5.74, 6) is -0.973. The molecule has 32 heavy (non-hydrogen) atoms. The summed E-state index contributed by atoms with van der Waals surface area (Å²) in [6, 6.07) is 15.6. The standard InChI is InChI=1S/C23H18FN5O3/c24-17-8-6-15(7-9-17)21-16(4-3-11-26-21)13-27-22(31)19-12-20(30)29(23(32)28-19)14-18-5-1-2-10-25-18/h1-12H,13-14H2,(H,27,31)(H,28,32). The van der Waals surface area contributed by atoms with Crippen molar-refractivity contribution in [2.75, 3.05) is 0 Å². The summed E-state index contributed by atoms with van der Waals surface area (Å²) in [5.41, 5.74) is 1.05. The number of nitrogens with one attached hydrogen (secondary N) is 2. The Bertz CT molecular complexity index is 1330. The average Bonchev–Trinajstić information content (AvgIpc) is 2.81. The van der Waals surface area contributed by atoms with Gasteiger partial charge in [0.15, 0.2) is 0 Å². The first kappa shape index (κ1) is 20.9. The summed E-state index contributed by atoms with van der Waals surface area (Å²) < 4.78 is 14.2. The number of hydrogen-bond acceptors (Lipinski definition) is 5. The van der Waals surface area contributed by atoms with E-state index in [2.05, 4.69) is 20.3 Å². The number of aromatic amines is 1. The van der Waals surface area contributed by atoms with Crippen molar-refractivity contribution in [1.82, 2.24) is 24.8 Å². The second kappa shape index (κ2) is 9.17. The van der Waals surface area contributed by atoms with E-state index in [1.54, 1.807) is 54.9 Å². The second-order valence-corrected chi connectivity index (χ2v) is 6.93. The Labute approximate surface area is 181 Å². The molecule has 0 fully saturated rings. The number of halogens is 1. The van der Waals surface area contributed by atoms with Gasteiger partial charge in [-0.2, -0.15) is 0 Å². The molecule has 2 N–H and O–H groups in total. The van der Waals surface area contributed by atoms with Crippen LogP contribution in [0.15, 0.2) is 82.6 Å². The topological polar surface area (TPSA) is 110 Å². The van der Waals surface area contributed by atoms with Crippen molar-refractivity contribution in [1.29, 1.82) is 0 Å². The molecule has 0 atom stereocenters. The Balaban J connectivity index is 1.51. The van der Waals surface area contributed by atoms with Gasteiger partial charge in [0.05, 0.1) is 17.9 Å². The van der Waals surface area contributed by atoms with Crippen molar-refractivity contribution in [2.45, 2.75) is 13.1 Å². The van der Waals surface area contributed by atoms with Crippen LogP contribution in [0.3, 0.4) is 0 Å². The molecular weight excluding hydrogens is 413 g/mol. The summed E-state index contributed by atoms with van der Waals surface area (Å²) in [4.78, 5) is 48.2. The maximum atomic E-state index is 13.2. The highest BCUT2D eigenvalue weighted by Crippen LogP contribution is 2.21. The molecule has 0 spiro atoms. The Kier molecular flexibility index (Phi) is 5.98. The van der Waals surface area contributed by atoms with Gasteiger partial charge in [0.2, 0.25) is 0 Å². The van der Waals surface area contributed by atoms with Crippen molar-refractivity contribution < 1.29 is 9.18 Å². The van der Waals surface area contributed by atoms with Gasteiger partial charge in [-0.25, -0.2) is 9.18 Å². The quantitative estimate of drug-likeness (QED) is 0.486. The molecule has 8 nitrogen and oxygen atoms in total. The van der Waals surface area contributed by atoms with Gasteiger partial charge in [0.25, 0.3) is 11.5 Å². The summed E-state index contributed by atoms with van der Waals surface area (Å²) in [6.45, 7) is 0.0893. The monoisotopic (exact) mass is 431 g/mol. The van der Waals surface area contributed by atoms with Gasteiger partial charge in [-0.15, -0.1) is 0 Å². The van der Waals surface area contributed by atoms with Crippen LogP contribution < -0.4 is 16.6 Å². The fourth-order valence-electron chi connectivity index (χ4n) is 3.17. The Morgan fingerprint density at radius 1 is 1.00 bits per heavy atom. The summed E-state index contributed by atoms with van der Waals surface area (Å²) >= 11 is 0. The second-order valence-electron chi connectivity index (χ2n) is 6.93. The smallest absolute Gasteiger partial charge is 0.329 e.